The number of benzene rings is 1. The summed E-state index contributed by atoms with van der Waals surface area (Å²) in [6, 6.07) is 12.5. The smallest absolute Gasteiger partial charge is 0.116 e. The maximum atomic E-state index is 4.63. The third-order valence-corrected chi connectivity index (χ3v) is 5.92. The zero-order valence-electron chi connectivity index (χ0n) is 18.3. The predicted octanol–water partition coefficient (Wildman–Crippen LogP) is 5.59. The molecular weight excluding hydrogens is 396 g/mol. The summed E-state index contributed by atoms with van der Waals surface area (Å²) in [7, 11) is 2.03. The van der Waals surface area contributed by atoms with Crippen LogP contribution in [-0.4, -0.2) is 29.7 Å². The lowest BCUT2D eigenvalue weighted by atomic mass is 9.98. The lowest BCUT2D eigenvalue weighted by Gasteiger charge is -2.06. The Labute approximate surface area is 186 Å². The molecule has 0 spiro atoms. The number of pyridine rings is 1. The van der Waals surface area contributed by atoms with Crippen molar-refractivity contribution in [3.05, 3.63) is 96.4 Å². The molecule has 1 aromatic carbocycles. The number of nitrogens with one attached hydrogen (secondary N) is 2. The number of hydrogen-bond acceptors (Lipinski definition) is 3. The highest BCUT2D eigenvalue weighted by atomic mass is 15.1. The van der Waals surface area contributed by atoms with E-state index in [1.165, 1.54) is 0 Å². The van der Waals surface area contributed by atoms with Crippen LogP contribution >= 0.6 is 0 Å². The van der Waals surface area contributed by atoms with Crippen molar-refractivity contribution >= 4 is 16.5 Å². The van der Waals surface area contributed by atoms with Crippen LogP contribution < -0.4 is 0 Å². The van der Waals surface area contributed by atoms with E-state index in [0.29, 0.717) is 0 Å². The van der Waals surface area contributed by atoms with E-state index >= 15 is 0 Å². The van der Waals surface area contributed by atoms with Crippen LogP contribution in [0.15, 0.2) is 73.7 Å². The zero-order valence-corrected chi connectivity index (χ0v) is 18.3. The fraction of sp³-hybridized carbons (Fsp3) is 0.115. The molecule has 0 saturated heterocycles. The molecule has 4 aromatic heterocycles. The number of fused-ring (bicyclic) bond motifs is 1. The molecular formula is C26H24N6. The summed E-state index contributed by atoms with van der Waals surface area (Å²) in [5.74, 6) is 0.981. The second kappa shape index (κ2) is 7.81. The fourth-order valence-corrected chi connectivity index (χ4v) is 4.11. The van der Waals surface area contributed by atoms with Gasteiger partial charge in [-0.3, -0.25) is 10.1 Å². The van der Waals surface area contributed by atoms with Gasteiger partial charge in [-0.25, -0.2) is 4.98 Å². The average molecular weight is 421 g/mol. The van der Waals surface area contributed by atoms with Crippen LogP contribution in [0.2, 0.25) is 0 Å². The van der Waals surface area contributed by atoms with Crippen LogP contribution in [0.25, 0.3) is 39.1 Å². The van der Waals surface area contributed by atoms with Crippen molar-refractivity contribution in [1.82, 2.24) is 29.7 Å². The van der Waals surface area contributed by atoms with Crippen molar-refractivity contribution in [2.45, 2.75) is 13.8 Å². The van der Waals surface area contributed by atoms with Crippen LogP contribution in [0.4, 0.5) is 0 Å². The lowest BCUT2D eigenvalue weighted by molar-refractivity contribution is 0.865. The normalized spacial score (nSPS) is 11.9. The maximum Gasteiger partial charge on any atom is 0.116 e. The molecule has 0 aliphatic carbocycles. The van der Waals surface area contributed by atoms with E-state index in [2.05, 4.69) is 67.5 Å². The Kier molecular flexibility index (Phi) is 4.82. The molecule has 5 aromatic rings. The highest BCUT2D eigenvalue weighted by Gasteiger charge is 2.17. The molecule has 4 heterocycles. The molecule has 158 valence electrons. The van der Waals surface area contributed by atoms with Crippen LogP contribution in [0.5, 0.6) is 0 Å². The van der Waals surface area contributed by atoms with E-state index in [4.69, 9.17) is 0 Å². The predicted molar refractivity (Wildman–Crippen MR) is 129 cm³/mol. The van der Waals surface area contributed by atoms with E-state index in [9.17, 15) is 0 Å². The first-order valence-corrected chi connectivity index (χ1v) is 10.5. The number of hydrogen-bond donors (Lipinski definition) is 2. The van der Waals surface area contributed by atoms with Crippen molar-refractivity contribution in [1.29, 1.82) is 0 Å². The Morgan fingerprint density at radius 2 is 1.91 bits per heavy atom. The molecule has 32 heavy (non-hydrogen) atoms. The van der Waals surface area contributed by atoms with Crippen LogP contribution in [-0.2, 0) is 7.05 Å². The molecule has 0 saturated carbocycles. The summed E-state index contributed by atoms with van der Waals surface area (Å²) < 4.78 is 2.10. The SMILES string of the molecule is C=C/C=C(/c1ccncc1)c1cc(-c2n[nH]c3ccc(-c4cnc(C)n4C)cc23)[nH]c1C. The van der Waals surface area contributed by atoms with Crippen LogP contribution in [0.1, 0.15) is 22.6 Å². The van der Waals surface area contributed by atoms with Gasteiger partial charge in [0.1, 0.15) is 11.5 Å². The van der Waals surface area contributed by atoms with Gasteiger partial charge in [0.15, 0.2) is 0 Å². The molecule has 6 nitrogen and oxygen atoms in total. The van der Waals surface area contributed by atoms with Gasteiger partial charge in [0.25, 0.3) is 0 Å². The molecule has 0 fully saturated rings. The Bertz CT molecular complexity index is 1460. The van der Waals surface area contributed by atoms with Crippen molar-refractivity contribution in [2.75, 3.05) is 0 Å². The number of aryl methyl sites for hydroxylation is 2. The Hall–Kier alpha value is -4.19. The summed E-state index contributed by atoms with van der Waals surface area (Å²) in [4.78, 5) is 12.1. The van der Waals surface area contributed by atoms with Gasteiger partial charge in [-0.15, -0.1) is 0 Å². The van der Waals surface area contributed by atoms with E-state index in [1.807, 2.05) is 44.5 Å². The number of nitrogens with zero attached hydrogens (tertiary/aromatic N) is 4. The van der Waals surface area contributed by atoms with Crippen molar-refractivity contribution in [3.63, 3.8) is 0 Å². The first-order chi connectivity index (χ1) is 15.6. The summed E-state index contributed by atoms with van der Waals surface area (Å²) in [5, 5.41) is 8.86. The monoisotopic (exact) mass is 420 g/mol. The minimum absolute atomic E-state index is 0.891. The van der Waals surface area contributed by atoms with Gasteiger partial charge in [-0.2, -0.15) is 5.10 Å². The fourth-order valence-electron chi connectivity index (χ4n) is 4.11. The summed E-state index contributed by atoms with van der Waals surface area (Å²) in [6.07, 6.45) is 9.36. The number of allylic oxidation sites excluding steroid dienone is 2. The molecule has 0 atom stereocenters. The quantitative estimate of drug-likeness (QED) is 0.364. The molecule has 0 aliphatic heterocycles. The van der Waals surface area contributed by atoms with Gasteiger partial charge >= 0.3 is 0 Å². The number of aromatic amines is 2. The van der Waals surface area contributed by atoms with Crippen molar-refractivity contribution < 1.29 is 0 Å². The Balaban J connectivity index is 1.62. The molecule has 0 amide bonds. The average Bonchev–Trinajstić information content (AvgIpc) is 3.49. The molecule has 0 unspecified atom stereocenters. The van der Waals surface area contributed by atoms with Crippen LogP contribution in [0.3, 0.4) is 0 Å². The van der Waals surface area contributed by atoms with Gasteiger partial charge in [-0.05, 0) is 55.3 Å². The summed E-state index contributed by atoms with van der Waals surface area (Å²) in [6.45, 7) is 7.98. The first-order valence-electron chi connectivity index (χ1n) is 10.5. The second-order valence-corrected chi connectivity index (χ2v) is 7.86. The standard InChI is InChI=1S/C26H24N6/c1-5-6-20(18-9-11-27-12-10-18)21-14-24(29-16(21)2)26-22-13-19(7-8-23(22)30-31-26)25-15-28-17(3)32(25)4/h5-15,29H,1H2,2-4H3,(H,30,31)/b20-6-. The first kappa shape index (κ1) is 19.8. The molecule has 2 N–H and O–H groups in total. The van der Waals surface area contributed by atoms with Crippen molar-refractivity contribution in [3.8, 4) is 22.6 Å². The topological polar surface area (TPSA) is 75.2 Å². The molecule has 0 bridgehead atoms. The van der Waals surface area contributed by atoms with Gasteiger partial charge in [0, 0.05) is 41.6 Å². The molecule has 0 aliphatic rings. The zero-order chi connectivity index (χ0) is 22.2. The number of aromatic nitrogens is 6. The summed E-state index contributed by atoms with van der Waals surface area (Å²) in [5.41, 5.74) is 9.40. The van der Waals surface area contributed by atoms with E-state index in [0.717, 1.165) is 61.8 Å². The van der Waals surface area contributed by atoms with Gasteiger partial charge in [0.05, 0.1) is 23.1 Å². The molecule has 6 heteroatoms. The Morgan fingerprint density at radius 3 is 2.62 bits per heavy atom. The number of rotatable bonds is 5. The third-order valence-electron chi connectivity index (χ3n) is 5.92. The Morgan fingerprint density at radius 1 is 1.09 bits per heavy atom. The number of H-pyrrole nitrogens is 2. The minimum Gasteiger partial charge on any atom is -0.357 e. The van der Waals surface area contributed by atoms with E-state index < -0.39 is 0 Å². The summed E-state index contributed by atoms with van der Waals surface area (Å²) >= 11 is 0. The highest BCUT2D eigenvalue weighted by molar-refractivity contribution is 5.96. The van der Waals surface area contributed by atoms with E-state index in [1.54, 1.807) is 12.4 Å². The third kappa shape index (κ3) is 3.26. The maximum absolute atomic E-state index is 4.63. The second-order valence-electron chi connectivity index (χ2n) is 7.86. The van der Waals surface area contributed by atoms with Crippen molar-refractivity contribution in [2.24, 2.45) is 7.05 Å². The van der Waals surface area contributed by atoms with Gasteiger partial charge < -0.3 is 9.55 Å². The largest absolute Gasteiger partial charge is 0.357 e. The molecule has 5 rings (SSSR count). The lowest BCUT2D eigenvalue weighted by Crippen LogP contribution is -1.94. The highest BCUT2D eigenvalue weighted by Crippen LogP contribution is 2.34. The van der Waals surface area contributed by atoms with E-state index in [-0.39, 0.29) is 0 Å². The van der Waals surface area contributed by atoms with Gasteiger partial charge in [-0.1, -0.05) is 24.8 Å². The number of imidazole rings is 1. The van der Waals surface area contributed by atoms with Gasteiger partial charge in [0.2, 0.25) is 0 Å². The minimum atomic E-state index is 0.891. The molecule has 0 radical (unpaired) electrons. The van der Waals surface area contributed by atoms with Crippen LogP contribution in [0, 0.1) is 13.8 Å².